The summed E-state index contributed by atoms with van der Waals surface area (Å²) >= 11 is 0. The van der Waals surface area contributed by atoms with Crippen LogP contribution in [0.3, 0.4) is 0 Å². The van der Waals surface area contributed by atoms with Crippen molar-refractivity contribution in [3.05, 3.63) is 0 Å². The molecule has 2 amide bonds. The number of ether oxygens (including phenoxy) is 2. The third-order valence-electron chi connectivity index (χ3n) is 3.74. The van der Waals surface area contributed by atoms with Crippen molar-refractivity contribution < 1.29 is 24.2 Å². The van der Waals surface area contributed by atoms with Crippen LogP contribution in [0.1, 0.15) is 20.3 Å². The van der Waals surface area contributed by atoms with E-state index in [1.54, 1.807) is 9.80 Å². The average molecular weight is 286 g/mol. The monoisotopic (exact) mass is 286 g/mol. The maximum atomic E-state index is 12.6. The molecule has 0 bridgehead atoms. The molecule has 3 atom stereocenters. The van der Waals surface area contributed by atoms with Crippen molar-refractivity contribution in [2.75, 3.05) is 32.9 Å². The zero-order chi connectivity index (χ0) is 14.7. The van der Waals surface area contributed by atoms with E-state index in [1.807, 2.05) is 13.8 Å². The van der Waals surface area contributed by atoms with Gasteiger partial charge in [0, 0.05) is 13.1 Å². The number of morpholine rings is 2. The Labute approximate surface area is 118 Å². The van der Waals surface area contributed by atoms with Gasteiger partial charge in [-0.05, 0) is 13.8 Å². The Bertz CT molecular complexity index is 376. The number of aliphatic carboxylic acids is 1. The minimum absolute atomic E-state index is 0.00650. The highest BCUT2D eigenvalue weighted by atomic mass is 16.5. The van der Waals surface area contributed by atoms with Gasteiger partial charge in [-0.2, -0.15) is 0 Å². The van der Waals surface area contributed by atoms with Crippen LogP contribution in [-0.2, 0) is 14.3 Å². The number of carboxylic acids is 1. The van der Waals surface area contributed by atoms with Crippen LogP contribution in [0.25, 0.3) is 0 Å². The summed E-state index contributed by atoms with van der Waals surface area (Å²) in [6.07, 6.45) is -0.0749. The van der Waals surface area contributed by atoms with Crippen molar-refractivity contribution in [2.24, 2.45) is 0 Å². The van der Waals surface area contributed by atoms with E-state index in [4.69, 9.17) is 14.6 Å². The molecule has 0 spiro atoms. The highest BCUT2D eigenvalue weighted by Crippen LogP contribution is 2.18. The molecule has 2 aliphatic heterocycles. The lowest BCUT2D eigenvalue weighted by molar-refractivity contribution is -0.139. The van der Waals surface area contributed by atoms with E-state index in [0.29, 0.717) is 26.3 Å². The molecule has 0 aromatic rings. The molecule has 0 radical (unpaired) electrons. The highest BCUT2D eigenvalue weighted by Gasteiger charge is 2.35. The predicted octanol–water partition coefficient (Wildman–Crippen LogP) is 0.391. The zero-order valence-electron chi connectivity index (χ0n) is 11.9. The van der Waals surface area contributed by atoms with Gasteiger partial charge in [0.1, 0.15) is 0 Å². The molecule has 2 rings (SSSR count). The second-order valence-corrected chi connectivity index (χ2v) is 5.45. The highest BCUT2D eigenvalue weighted by molar-refractivity contribution is 5.76. The van der Waals surface area contributed by atoms with Gasteiger partial charge in [-0.25, -0.2) is 4.79 Å². The Morgan fingerprint density at radius 1 is 1.25 bits per heavy atom. The van der Waals surface area contributed by atoms with Crippen molar-refractivity contribution in [2.45, 2.75) is 38.5 Å². The molecule has 0 saturated carbocycles. The summed E-state index contributed by atoms with van der Waals surface area (Å²) in [7, 11) is 0. The van der Waals surface area contributed by atoms with Gasteiger partial charge in [0.25, 0.3) is 0 Å². The second kappa shape index (κ2) is 6.41. The largest absolute Gasteiger partial charge is 0.481 e. The van der Waals surface area contributed by atoms with Crippen LogP contribution in [-0.4, -0.2) is 78.0 Å². The first-order chi connectivity index (χ1) is 9.49. The third-order valence-corrected chi connectivity index (χ3v) is 3.74. The molecular weight excluding hydrogens is 264 g/mol. The first kappa shape index (κ1) is 15.1. The van der Waals surface area contributed by atoms with Crippen LogP contribution in [0, 0.1) is 0 Å². The maximum absolute atomic E-state index is 12.6. The summed E-state index contributed by atoms with van der Waals surface area (Å²) in [5, 5.41) is 8.94. The van der Waals surface area contributed by atoms with Crippen LogP contribution in [0.15, 0.2) is 0 Å². The lowest BCUT2D eigenvalue weighted by Crippen LogP contribution is -2.59. The van der Waals surface area contributed by atoms with Crippen LogP contribution in [0.4, 0.5) is 4.79 Å². The number of carbonyl (C=O) groups is 2. The van der Waals surface area contributed by atoms with E-state index < -0.39 is 5.97 Å². The quantitative estimate of drug-likeness (QED) is 0.794. The van der Waals surface area contributed by atoms with E-state index in [-0.39, 0.29) is 37.2 Å². The lowest BCUT2D eigenvalue weighted by atomic mass is 10.1. The number of nitrogens with zero attached hydrogens (tertiary/aromatic N) is 2. The maximum Gasteiger partial charge on any atom is 0.320 e. The third kappa shape index (κ3) is 3.40. The Hall–Kier alpha value is -1.34. The Morgan fingerprint density at radius 3 is 2.70 bits per heavy atom. The van der Waals surface area contributed by atoms with Gasteiger partial charge in [0.2, 0.25) is 0 Å². The molecule has 0 aromatic carbocycles. The molecule has 2 fully saturated rings. The number of hydrogen-bond acceptors (Lipinski definition) is 4. The van der Waals surface area contributed by atoms with Gasteiger partial charge < -0.3 is 24.4 Å². The van der Waals surface area contributed by atoms with Gasteiger partial charge in [-0.15, -0.1) is 0 Å². The first-order valence-electron chi connectivity index (χ1n) is 6.97. The zero-order valence-corrected chi connectivity index (χ0v) is 11.9. The normalized spacial score (nSPS) is 31.2. The SMILES string of the molecule is CC1CN(C(=O)N2CCOCC2CC(=O)O)C(C)CO1. The molecule has 0 aromatic heterocycles. The topological polar surface area (TPSA) is 79.3 Å². The molecular formula is C13H22N2O5. The Morgan fingerprint density at radius 2 is 2.00 bits per heavy atom. The summed E-state index contributed by atoms with van der Waals surface area (Å²) < 4.78 is 10.8. The molecule has 2 saturated heterocycles. The number of urea groups is 1. The Balaban J connectivity index is 2.06. The number of hydrogen-bond donors (Lipinski definition) is 1. The summed E-state index contributed by atoms with van der Waals surface area (Å²) in [5.41, 5.74) is 0. The number of carboxylic acid groups (broad SMARTS) is 1. The van der Waals surface area contributed by atoms with Crippen molar-refractivity contribution in [1.82, 2.24) is 9.80 Å². The standard InChI is InChI=1S/C13H22N2O5/c1-9-7-20-10(2)6-15(9)13(18)14-3-4-19-8-11(14)5-12(16)17/h9-11H,3-8H2,1-2H3,(H,16,17). The van der Waals surface area contributed by atoms with Crippen molar-refractivity contribution >= 4 is 12.0 Å². The average Bonchev–Trinajstić information content (AvgIpc) is 2.41. The van der Waals surface area contributed by atoms with Crippen LogP contribution in [0.2, 0.25) is 0 Å². The fraction of sp³-hybridized carbons (Fsp3) is 0.846. The van der Waals surface area contributed by atoms with Crippen LogP contribution in [0.5, 0.6) is 0 Å². The predicted molar refractivity (Wildman–Crippen MR) is 70.5 cm³/mol. The molecule has 2 heterocycles. The van der Waals surface area contributed by atoms with Crippen LogP contribution >= 0.6 is 0 Å². The minimum atomic E-state index is -0.915. The van der Waals surface area contributed by atoms with E-state index in [2.05, 4.69) is 0 Å². The molecule has 3 unspecified atom stereocenters. The number of rotatable bonds is 2. The van der Waals surface area contributed by atoms with Gasteiger partial charge in [0.05, 0.1) is 44.4 Å². The molecule has 20 heavy (non-hydrogen) atoms. The fourth-order valence-electron chi connectivity index (χ4n) is 2.61. The molecule has 7 heteroatoms. The van der Waals surface area contributed by atoms with Crippen molar-refractivity contribution in [3.63, 3.8) is 0 Å². The van der Waals surface area contributed by atoms with Gasteiger partial charge >= 0.3 is 12.0 Å². The molecule has 2 aliphatic rings. The molecule has 114 valence electrons. The summed E-state index contributed by atoms with van der Waals surface area (Å²) in [6.45, 7) is 6.10. The molecule has 0 aliphatic carbocycles. The van der Waals surface area contributed by atoms with Gasteiger partial charge in [0.15, 0.2) is 0 Å². The van der Waals surface area contributed by atoms with E-state index in [9.17, 15) is 9.59 Å². The second-order valence-electron chi connectivity index (χ2n) is 5.45. The van der Waals surface area contributed by atoms with Crippen molar-refractivity contribution in [1.29, 1.82) is 0 Å². The molecule has 1 N–H and O–H groups in total. The van der Waals surface area contributed by atoms with Crippen molar-refractivity contribution in [3.8, 4) is 0 Å². The summed E-state index contributed by atoms with van der Waals surface area (Å²) in [6, 6.07) is -0.492. The van der Waals surface area contributed by atoms with Gasteiger partial charge in [-0.1, -0.05) is 0 Å². The van der Waals surface area contributed by atoms with Crippen LogP contribution < -0.4 is 0 Å². The van der Waals surface area contributed by atoms with E-state index >= 15 is 0 Å². The smallest absolute Gasteiger partial charge is 0.320 e. The number of carbonyl (C=O) groups excluding carboxylic acids is 1. The molecule has 7 nitrogen and oxygen atoms in total. The van der Waals surface area contributed by atoms with Gasteiger partial charge in [-0.3, -0.25) is 4.79 Å². The minimum Gasteiger partial charge on any atom is -0.481 e. The summed E-state index contributed by atoms with van der Waals surface area (Å²) in [4.78, 5) is 27.0. The first-order valence-corrected chi connectivity index (χ1v) is 6.97. The number of amides is 2. The van der Waals surface area contributed by atoms with E-state index in [1.165, 1.54) is 0 Å². The summed E-state index contributed by atoms with van der Waals surface area (Å²) in [5.74, 6) is -0.915. The van der Waals surface area contributed by atoms with E-state index in [0.717, 1.165) is 0 Å². The fourth-order valence-corrected chi connectivity index (χ4v) is 2.61. The Kier molecular flexibility index (Phi) is 4.82. The lowest BCUT2D eigenvalue weighted by Gasteiger charge is -2.43.